The molecule has 0 radical (unpaired) electrons. The fourth-order valence-corrected chi connectivity index (χ4v) is 2.30. The maximum Gasteiger partial charge on any atom is 0.410 e. The van der Waals surface area contributed by atoms with Gasteiger partial charge in [0.05, 0.1) is 0 Å². The Kier molecular flexibility index (Phi) is 5.39. The molecular weight excluding hydrogens is 242 g/mol. The maximum absolute atomic E-state index is 12.1. The summed E-state index contributed by atoms with van der Waals surface area (Å²) in [5.74, 6) is 0.649. The molecule has 1 atom stereocenters. The number of likely N-dealkylation sites (tertiary alicyclic amines) is 1. The maximum atomic E-state index is 12.1. The van der Waals surface area contributed by atoms with Crippen LogP contribution in [0.5, 0.6) is 0 Å². The molecule has 0 saturated carbocycles. The van der Waals surface area contributed by atoms with Gasteiger partial charge in [-0.2, -0.15) is 0 Å². The van der Waals surface area contributed by atoms with Crippen LogP contribution in [-0.2, 0) is 9.53 Å². The van der Waals surface area contributed by atoms with Crippen LogP contribution in [0, 0.1) is 11.8 Å². The number of carbonyl (C=O) groups excluding carboxylic acids is 2. The van der Waals surface area contributed by atoms with Crippen LogP contribution in [0.1, 0.15) is 53.9 Å². The van der Waals surface area contributed by atoms with Gasteiger partial charge in [-0.1, -0.05) is 13.8 Å². The molecule has 4 nitrogen and oxygen atoms in total. The molecular formula is C15H27NO3. The van der Waals surface area contributed by atoms with Gasteiger partial charge in [0, 0.05) is 25.4 Å². The molecule has 0 aromatic heterocycles. The molecule has 0 aromatic rings. The summed E-state index contributed by atoms with van der Waals surface area (Å²) in [4.78, 5) is 25.8. The van der Waals surface area contributed by atoms with Crippen molar-refractivity contribution in [3.05, 3.63) is 0 Å². The van der Waals surface area contributed by atoms with Crippen molar-refractivity contribution in [2.75, 3.05) is 13.1 Å². The molecule has 0 N–H and O–H groups in total. The van der Waals surface area contributed by atoms with E-state index in [-0.39, 0.29) is 17.8 Å². The van der Waals surface area contributed by atoms with Gasteiger partial charge in [0.15, 0.2) is 0 Å². The fraction of sp³-hybridized carbons (Fsp3) is 0.867. The van der Waals surface area contributed by atoms with Gasteiger partial charge >= 0.3 is 6.09 Å². The molecule has 1 saturated heterocycles. The Morgan fingerprint density at radius 1 is 1.32 bits per heavy atom. The van der Waals surface area contributed by atoms with Crippen molar-refractivity contribution in [2.45, 2.75) is 59.5 Å². The standard InChI is InChI=1S/C15H27NO3/c1-11(2)9-13(17)12-7-6-8-16(10-12)14(18)19-15(3,4)5/h11-12H,6-10H2,1-5H3. The monoisotopic (exact) mass is 269 g/mol. The minimum Gasteiger partial charge on any atom is -0.444 e. The van der Waals surface area contributed by atoms with Crippen molar-refractivity contribution in [3.63, 3.8) is 0 Å². The quantitative estimate of drug-likeness (QED) is 0.790. The van der Waals surface area contributed by atoms with E-state index in [2.05, 4.69) is 0 Å². The third-order valence-corrected chi connectivity index (χ3v) is 3.14. The smallest absolute Gasteiger partial charge is 0.410 e. The fourth-order valence-electron chi connectivity index (χ4n) is 2.30. The first-order chi connectivity index (χ1) is 8.69. The lowest BCUT2D eigenvalue weighted by atomic mass is 9.89. The highest BCUT2D eigenvalue weighted by atomic mass is 16.6. The minimum absolute atomic E-state index is 0.0105. The lowest BCUT2D eigenvalue weighted by Gasteiger charge is -2.33. The van der Waals surface area contributed by atoms with E-state index in [0.29, 0.717) is 25.4 Å². The van der Waals surface area contributed by atoms with Crippen molar-refractivity contribution in [2.24, 2.45) is 11.8 Å². The molecule has 1 heterocycles. The predicted molar refractivity (Wildman–Crippen MR) is 75.0 cm³/mol. The number of piperidine rings is 1. The SMILES string of the molecule is CC(C)CC(=O)C1CCCN(C(=O)OC(C)(C)C)C1. The van der Waals surface area contributed by atoms with Crippen LogP contribution in [0.15, 0.2) is 0 Å². The lowest BCUT2D eigenvalue weighted by Crippen LogP contribution is -2.44. The molecule has 0 spiro atoms. The number of amides is 1. The molecule has 1 aliphatic rings. The molecule has 110 valence electrons. The molecule has 1 rings (SSSR count). The number of rotatable bonds is 3. The van der Waals surface area contributed by atoms with E-state index in [0.717, 1.165) is 12.8 Å². The van der Waals surface area contributed by atoms with Crippen LogP contribution >= 0.6 is 0 Å². The summed E-state index contributed by atoms with van der Waals surface area (Å²) in [6.45, 7) is 10.9. The number of ketones is 1. The Morgan fingerprint density at radius 3 is 2.47 bits per heavy atom. The molecule has 1 amide bonds. The second-order valence-electron chi connectivity index (χ2n) is 6.83. The van der Waals surface area contributed by atoms with E-state index in [1.165, 1.54) is 0 Å². The molecule has 1 fully saturated rings. The predicted octanol–water partition coefficient (Wildman–Crippen LogP) is 3.25. The third-order valence-electron chi connectivity index (χ3n) is 3.14. The van der Waals surface area contributed by atoms with Crippen molar-refractivity contribution in [3.8, 4) is 0 Å². The van der Waals surface area contributed by atoms with Gasteiger partial charge < -0.3 is 9.64 Å². The van der Waals surface area contributed by atoms with Crippen LogP contribution in [0.4, 0.5) is 4.79 Å². The van der Waals surface area contributed by atoms with Crippen molar-refractivity contribution < 1.29 is 14.3 Å². The first kappa shape index (κ1) is 16.0. The average Bonchev–Trinajstić information content (AvgIpc) is 2.26. The van der Waals surface area contributed by atoms with E-state index < -0.39 is 5.60 Å². The topological polar surface area (TPSA) is 46.6 Å². The summed E-state index contributed by atoms with van der Waals surface area (Å²) in [6.07, 6.45) is 2.08. The second kappa shape index (κ2) is 6.40. The van der Waals surface area contributed by atoms with Gasteiger partial charge in [-0.15, -0.1) is 0 Å². The Balaban J connectivity index is 2.54. The van der Waals surface area contributed by atoms with E-state index in [9.17, 15) is 9.59 Å². The minimum atomic E-state index is -0.480. The zero-order valence-corrected chi connectivity index (χ0v) is 12.9. The molecule has 0 aromatic carbocycles. The average molecular weight is 269 g/mol. The Hall–Kier alpha value is -1.06. The van der Waals surface area contributed by atoms with Gasteiger partial charge in [-0.3, -0.25) is 4.79 Å². The number of carbonyl (C=O) groups is 2. The van der Waals surface area contributed by atoms with E-state index in [1.807, 2.05) is 34.6 Å². The van der Waals surface area contributed by atoms with Crippen molar-refractivity contribution in [1.29, 1.82) is 0 Å². The first-order valence-corrected chi connectivity index (χ1v) is 7.19. The molecule has 1 aliphatic heterocycles. The normalized spacial score (nSPS) is 20.5. The van der Waals surface area contributed by atoms with E-state index in [1.54, 1.807) is 4.90 Å². The van der Waals surface area contributed by atoms with E-state index >= 15 is 0 Å². The number of hydrogen-bond donors (Lipinski definition) is 0. The molecule has 4 heteroatoms. The molecule has 19 heavy (non-hydrogen) atoms. The largest absolute Gasteiger partial charge is 0.444 e. The van der Waals surface area contributed by atoms with Gasteiger partial charge in [0.1, 0.15) is 11.4 Å². The zero-order valence-electron chi connectivity index (χ0n) is 12.9. The highest BCUT2D eigenvalue weighted by Gasteiger charge is 2.30. The van der Waals surface area contributed by atoms with Crippen LogP contribution in [0.2, 0.25) is 0 Å². The summed E-state index contributed by atoms with van der Waals surface area (Å²) in [6, 6.07) is 0. The summed E-state index contributed by atoms with van der Waals surface area (Å²) >= 11 is 0. The number of ether oxygens (including phenoxy) is 1. The van der Waals surface area contributed by atoms with Crippen molar-refractivity contribution >= 4 is 11.9 Å². The highest BCUT2D eigenvalue weighted by molar-refractivity contribution is 5.82. The highest BCUT2D eigenvalue weighted by Crippen LogP contribution is 2.22. The summed E-state index contributed by atoms with van der Waals surface area (Å²) in [5, 5.41) is 0. The van der Waals surface area contributed by atoms with E-state index in [4.69, 9.17) is 4.74 Å². The Bertz CT molecular complexity index is 331. The van der Waals surface area contributed by atoms with Gasteiger partial charge in [0.25, 0.3) is 0 Å². The zero-order chi connectivity index (χ0) is 14.6. The second-order valence-corrected chi connectivity index (χ2v) is 6.83. The summed E-state index contributed by atoms with van der Waals surface area (Å²) in [5.41, 5.74) is -0.480. The molecule has 0 aliphatic carbocycles. The van der Waals surface area contributed by atoms with Gasteiger partial charge in [-0.05, 0) is 39.5 Å². The van der Waals surface area contributed by atoms with Crippen molar-refractivity contribution in [1.82, 2.24) is 4.90 Å². The van der Waals surface area contributed by atoms with Gasteiger partial charge in [0.2, 0.25) is 0 Å². The van der Waals surface area contributed by atoms with Crippen LogP contribution in [-0.4, -0.2) is 35.5 Å². The van der Waals surface area contributed by atoms with Crippen LogP contribution in [0.3, 0.4) is 0 Å². The molecule has 0 bridgehead atoms. The first-order valence-electron chi connectivity index (χ1n) is 7.19. The Labute approximate surface area is 116 Å². The van der Waals surface area contributed by atoms with Crippen LogP contribution < -0.4 is 0 Å². The summed E-state index contributed by atoms with van der Waals surface area (Å²) < 4.78 is 5.36. The molecule has 1 unspecified atom stereocenters. The number of Topliss-reactive ketones (excluding diaryl/α,β-unsaturated/α-hetero) is 1. The lowest BCUT2D eigenvalue weighted by molar-refractivity contribution is -0.125. The van der Waals surface area contributed by atoms with Crippen LogP contribution in [0.25, 0.3) is 0 Å². The number of hydrogen-bond acceptors (Lipinski definition) is 3. The van der Waals surface area contributed by atoms with Gasteiger partial charge in [-0.25, -0.2) is 4.79 Å². The Morgan fingerprint density at radius 2 is 1.95 bits per heavy atom. The summed E-state index contributed by atoms with van der Waals surface area (Å²) in [7, 11) is 0. The third kappa shape index (κ3) is 5.62. The number of nitrogens with zero attached hydrogens (tertiary/aromatic N) is 1.